The van der Waals surface area contributed by atoms with Gasteiger partial charge in [-0.1, -0.05) is 85.2 Å². The van der Waals surface area contributed by atoms with Crippen LogP contribution in [0.1, 0.15) is 89.4 Å². The van der Waals surface area contributed by atoms with E-state index in [0.717, 1.165) is 22.4 Å². The zero-order valence-corrected chi connectivity index (χ0v) is 22.0. The van der Waals surface area contributed by atoms with Crippen molar-refractivity contribution in [1.82, 2.24) is 9.97 Å². The molecule has 0 atom stereocenters. The molecule has 0 amide bonds. The molecule has 3 aromatic carbocycles. The molecule has 0 saturated heterocycles. The number of hydrogen-bond donors (Lipinski definition) is 0. The van der Waals surface area contributed by atoms with Crippen LogP contribution < -0.4 is 0 Å². The summed E-state index contributed by atoms with van der Waals surface area (Å²) in [6.45, 7) is 22.4. The fourth-order valence-corrected chi connectivity index (χ4v) is 4.54. The summed E-state index contributed by atoms with van der Waals surface area (Å²) in [6.07, 6.45) is 0. The second kappa shape index (κ2) is 7.94. The lowest BCUT2D eigenvalue weighted by molar-refractivity contribution is 0.590. The van der Waals surface area contributed by atoms with Crippen molar-refractivity contribution in [3.8, 4) is 11.3 Å². The van der Waals surface area contributed by atoms with E-state index in [0.29, 0.717) is 0 Å². The van der Waals surface area contributed by atoms with Gasteiger partial charge in [-0.15, -0.1) is 0 Å². The lowest BCUT2D eigenvalue weighted by atomic mass is 9.83. The van der Waals surface area contributed by atoms with E-state index in [2.05, 4.69) is 112 Å². The number of hydrogen-bond acceptors (Lipinski definition) is 2. The lowest BCUT2D eigenvalue weighted by Crippen LogP contribution is -2.12. The molecule has 0 aliphatic heterocycles. The lowest BCUT2D eigenvalue weighted by Gasteiger charge is -2.22. The Labute approximate surface area is 199 Å². The summed E-state index contributed by atoms with van der Waals surface area (Å²) in [7, 11) is 0. The molecule has 1 heterocycles. The van der Waals surface area contributed by atoms with E-state index in [-0.39, 0.29) is 16.7 Å². The highest BCUT2D eigenvalue weighted by molar-refractivity contribution is 6.10. The average molecular weight is 439 g/mol. The molecule has 2 nitrogen and oxygen atoms in total. The molecule has 0 saturated carbocycles. The van der Waals surface area contributed by atoms with Gasteiger partial charge in [0.2, 0.25) is 0 Å². The number of fused-ring (bicyclic) bond motifs is 3. The molecular weight excluding hydrogens is 400 g/mol. The van der Waals surface area contributed by atoms with Crippen LogP contribution in [0.25, 0.3) is 32.9 Å². The van der Waals surface area contributed by atoms with E-state index in [4.69, 9.17) is 9.97 Å². The van der Waals surface area contributed by atoms with Gasteiger partial charge in [-0.25, -0.2) is 9.97 Å². The molecule has 0 aliphatic rings. The van der Waals surface area contributed by atoms with Crippen molar-refractivity contribution in [2.45, 2.75) is 86.0 Å². The summed E-state index contributed by atoms with van der Waals surface area (Å²) in [5.74, 6) is 1.16. The molecule has 0 spiro atoms. The van der Waals surface area contributed by atoms with Gasteiger partial charge in [0.25, 0.3) is 0 Å². The number of aryl methyl sites for hydroxylation is 2. The van der Waals surface area contributed by atoms with Crippen LogP contribution in [0.5, 0.6) is 0 Å². The van der Waals surface area contributed by atoms with Crippen molar-refractivity contribution in [3.63, 3.8) is 0 Å². The quantitative estimate of drug-likeness (QED) is 0.292. The Morgan fingerprint density at radius 2 is 1.36 bits per heavy atom. The van der Waals surface area contributed by atoms with Gasteiger partial charge in [0.15, 0.2) is 0 Å². The molecule has 2 heteroatoms. The predicted molar refractivity (Wildman–Crippen MR) is 143 cm³/mol. The zero-order chi connectivity index (χ0) is 24.3. The minimum atomic E-state index is 0.0805. The molecule has 172 valence electrons. The van der Waals surface area contributed by atoms with E-state index in [1.54, 1.807) is 0 Å². The fraction of sp³-hybridized carbons (Fsp3) is 0.419. The SMILES string of the molecule is Cc1cc(-c2nc(C(C)C)nc3c2ccc2cc(C(C)(C)C)cc(C)c23)cc(C(C)(C)C)c1. The maximum absolute atomic E-state index is 5.12. The first-order valence-electron chi connectivity index (χ1n) is 12.1. The Bertz CT molecular complexity index is 1360. The van der Waals surface area contributed by atoms with Gasteiger partial charge in [-0.2, -0.15) is 0 Å². The molecule has 4 aromatic rings. The van der Waals surface area contributed by atoms with Crippen molar-refractivity contribution in [2.75, 3.05) is 0 Å². The minimum Gasteiger partial charge on any atom is -0.232 e. The number of nitrogens with zero attached hydrogens (tertiary/aromatic N) is 2. The molecular formula is C31H38N2. The van der Waals surface area contributed by atoms with E-state index in [1.807, 2.05) is 0 Å². The largest absolute Gasteiger partial charge is 0.232 e. The number of benzene rings is 3. The summed E-state index contributed by atoms with van der Waals surface area (Å²) in [4.78, 5) is 10.2. The highest BCUT2D eigenvalue weighted by atomic mass is 14.9. The first-order chi connectivity index (χ1) is 15.3. The smallest absolute Gasteiger partial charge is 0.132 e. The van der Waals surface area contributed by atoms with Gasteiger partial charge in [-0.05, 0) is 65.0 Å². The highest BCUT2D eigenvalue weighted by Gasteiger charge is 2.21. The van der Waals surface area contributed by atoms with Gasteiger partial charge in [0.05, 0.1) is 11.2 Å². The highest BCUT2D eigenvalue weighted by Crippen LogP contribution is 2.37. The van der Waals surface area contributed by atoms with Crippen molar-refractivity contribution in [3.05, 3.63) is 70.5 Å². The Hall–Kier alpha value is -2.74. The van der Waals surface area contributed by atoms with Crippen LogP contribution in [-0.4, -0.2) is 9.97 Å². The summed E-state index contributed by atoms with van der Waals surface area (Å²) < 4.78 is 0. The average Bonchev–Trinajstić information content (AvgIpc) is 2.70. The third-order valence-electron chi connectivity index (χ3n) is 6.59. The minimum absolute atomic E-state index is 0.0805. The van der Waals surface area contributed by atoms with E-state index in [1.165, 1.54) is 38.6 Å². The maximum atomic E-state index is 5.12. The van der Waals surface area contributed by atoms with Gasteiger partial charge in [-0.3, -0.25) is 0 Å². The van der Waals surface area contributed by atoms with Gasteiger partial charge in [0, 0.05) is 22.3 Å². The van der Waals surface area contributed by atoms with Crippen LogP contribution >= 0.6 is 0 Å². The molecule has 33 heavy (non-hydrogen) atoms. The normalized spacial score (nSPS) is 12.8. The van der Waals surface area contributed by atoms with Crippen LogP contribution in [0.3, 0.4) is 0 Å². The molecule has 1 aromatic heterocycles. The van der Waals surface area contributed by atoms with Crippen LogP contribution in [0, 0.1) is 13.8 Å². The summed E-state index contributed by atoms with van der Waals surface area (Å²) in [5.41, 5.74) is 8.72. The fourth-order valence-electron chi connectivity index (χ4n) is 4.54. The number of aromatic nitrogens is 2. The summed E-state index contributed by atoms with van der Waals surface area (Å²) >= 11 is 0. The predicted octanol–water partition coefficient (Wildman–Crippen LogP) is 8.79. The van der Waals surface area contributed by atoms with Crippen molar-refractivity contribution >= 4 is 21.7 Å². The number of rotatable bonds is 2. The molecule has 4 rings (SSSR count). The molecule has 0 unspecified atom stereocenters. The van der Waals surface area contributed by atoms with E-state index < -0.39 is 0 Å². The molecule has 0 bridgehead atoms. The Morgan fingerprint density at radius 1 is 0.727 bits per heavy atom. The maximum Gasteiger partial charge on any atom is 0.132 e. The topological polar surface area (TPSA) is 25.8 Å². The summed E-state index contributed by atoms with van der Waals surface area (Å²) in [5, 5.41) is 3.63. The van der Waals surface area contributed by atoms with Crippen LogP contribution in [0.15, 0.2) is 42.5 Å². The van der Waals surface area contributed by atoms with Gasteiger partial charge >= 0.3 is 0 Å². The third kappa shape index (κ3) is 4.40. The second-order valence-corrected chi connectivity index (χ2v) is 12.0. The van der Waals surface area contributed by atoms with Crippen LogP contribution in [0.2, 0.25) is 0 Å². The van der Waals surface area contributed by atoms with E-state index >= 15 is 0 Å². The molecule has 0 N–H and O–H groups in total. The third-order valence-corrected chi connectivity index (χ3v) is 6.59. The second-order valence-electron chi connectivity index (χ2n) is 12.0. The Balaban J connectivity index is 2.10. The van der Waals surface area contributed by atoms with Crippen molar-refractivity contribution in [2.24, 2.45) is 0 Å². The van der Waals surface area contributed by atoms with Gasteiger partial charge < -0.3 is 0 Å². The standard InChI is InChI=1S/C31H38N2/c1-18(2)29-32-27(22-13-19(3)14-23(17-22)30(5,6)7)25-12-11-21-16-24(31(8,9)10)15-20(4)26(21)28(25)33-29/h11-18H,1-10H3. The molecule has 0 radical (unpaired) electrons. The van der Waals surface area contributed by atoms with Gasteiger partial charge in [0.1, 0.15) is 5.82 Å². The van der Waals surface area contributed by atoms with Crippen LogP contribution in [-0.2, 0) is 10.8 Å². The van der Waals surface area contributed by atoms with Crippen molar-refractivity contribution < 1.29 is 0 Å². The molecule has 0 fully saturated rings. The van der Waals surface area contributed by atoms with Crippen LogP contribution in [0.4, 0.5) is 0 Å². The Morgan fingerprint density at radius 3 is 1.97 bits per heavy atom. The monoisotopic (exact) mass is 438 g/mol. The van der Waals surface area contributed by atoms with Crippen molar-refractivity contribution in [1.29, 1.82) is 0 Å². The summed E-state index contributed by atoms with van der Waals surface area (Å²) in [6, 6.07) is 16.0. The first-order valence-corrected chi connectivity index (χ1v) is 12.1. The Kier molecular flexibility index (Phi) is 5.63. The first kappa shape index (κ1) is 23.4. The molecule has 0 aliphatic carbocycles. The zero-order valence-electron chi connectivity index (χ0n) is 22.0. The van der Waals surface area contributed by atoms with E-state index in [9.17, 15) is 0 Å².